The Balaban J connectivity index is 2.36. The first-order valence-corrected chi connectivity index (χ1v) is 8.42. The average molecular weight is 302 g/mol. The molecular weight excluding hydrogens is 282 g/mol. The molecule has 1 saturated carbocycles. The lowest BCUT2D eigenvalue weighted by atomic mass is 9.73. The summed E-state index contributed by atoms with van der Waals surface area (Å²) in [5, 5.41) is 0.0321. The van der Waals surface area contributed by atoms with E-state index in [1.807, 2.05) is 13.8 Å². The number of halogens is 1. The van der Waals surface area contributed by atoms with E-state index in [4.69, 9.17) is 17.3 Å². The molecule has 0 spiro atoms. The van der Waals surface area contributed by atoms with Crippen molar-refractivity contribution in [2.24, 2.45) is 11.1 Å². The highest BCUT2D eigenvalue weighted by molar-refractivity contribution is 7.92. The van der Waals surface area contributed by atoms with E-state index in [9.17, 15) is 8.42 Å². The molecule has 1 aromatic carbocycles. The van der Waals surface area contributed by atoms with Crippen molar-refractivity contribution >= 4 is 21.4 Å². The second-order valence-corrected chi connectivity index (χ2v) is 8.55. The van der Waals surface area contributed by atoms with Gasteiger partial charge in [-0.1, -0.05) is 31.9 Å². The van der Waals surface area contributed by atoms with Crippen LogP contribution in [0.5, 0.6) is 0 Å². The molecule has 106 valence electrons. The van der Waals surface area contributed by atoms with Crippen molar-refractivity contribution < 1.29 is 8.42 Å². The fraction of sp³-hybridized carbons (Fsp3) is 0.571. The van der Waals surface area contributed by atoms with Crippen LogP contribution in [0.1, 0.15) is 33.1 Å². The molecule has 0 amide bonds. The largest absolute Gasteiger partial charge is 0.326 e. The minimum atomic E-state index is -3.38. The van der Waals surface area contributed by atoms with Crippen molar-refractivity contribution in [3.63, 3.8) is 0 Å². The van der Waals surface area contributed by atoms with Crippen molar-refractivity contribution in [2.75, 3.05) is 0 Å². The van der Waals surface area contributed by atoms with Crippen LogP contribution in [-0.2, 0) is 9.84 Å². The van der Waals surface area contributed by atoms with Crippen molar-refractivity contribution in [2.45, 2.75) is 49.3 Å². The van der Waals surface area contributed by atoms with Crippen LogP contribution in [0.4, 0.5) is 0 Å². The highest BCUT2D eigenvalue weighted by Crippen LogP contribution is 2.39. The second kappa shape index (κ2) is 5.08. The number of benzene rings is 1. The first kappa shape index (κ1) is 14.8. The van der Waals surface area contributed by atoms with E-state index < -0.39 is 15.1 Å². The van der Waals surface area contributed by atoms with E-state index in [1.165, 1.54) is 0 Å². The fourth-order valence-electron chi connectivity index (χ4n) is 2.76. The zero-order chi connectivity index (χ0) is 14.3. The van der Waals surface area contributed by atoms with Crippen LogP contribution in [0, 0.1) is 5.41 Å². The summed E-state index contributed by atoms with van der Waals surface area (Å²) in [4.78, 5) is 0.315. The number of hydrogen-bond donors (Lipinski definition) is 1. The molecule has 1 aliphatic carbocycles. The zero-order valence-electron chi connectivity index (χ0n) is 11.3. The van der Waals surface area contributed by atoms with Gasteiger partial charge < -0.3 is 5.73 Å². The van der Waals surface area contributed by atoms with Crippen molar-refractivity contribution in [1.82, 2.24) is 0 Å². The van der Waals surface area contributed by atoms with E-state index in [0.717, 1.165) is 12.8 Å². The molecule has 5 heteroatoms. The second-order valence-electron chi connectivity index (χ2n) is 5.94. The zero-order valence-corrected chi connectivity index (χ0v) is 12.8. The van der Waals surface area contributed by atoms with Crippen LogP contribution >= 0.6 is 11.6 Å². The molecule has 3 nitrogen and oxygen atoms in total. The molecule has 19 heavy (non-hydrogen) atoms. The van der Waals surface area contributed by atoms with E-state index in [2.05, 4.69) is 0 Å². The van der Waals surface area contributed by atoms with Gasteiger partial charge in [0.05, 0.1) is 10.1 Å². The van der Waals surface area contributed by atoms with Crippen molar-refractivity contribution in [3.05, 3.63) is 29.3 Å². The maximum Gasteiger partial charge on any atom is 0.182 e. The Hall–Kier alpha value is -0.580. The minimum Gasteiger partial charge on any atom is -0.326 e. The highest BCUT2D eigenvalue weighted by atomic mass is 35.5. The molecule has 0 radical (unpaired) electrons. The van der Waals surface area contributed by atoms with Gasteiger partial charge in [0.25, 0.3) is 0 Å². The summed E-state index contributed by atoms with van der Waals surface area (Å²) in [6.45, 7) is 4.09. The molecule has 2 unspecified atom stereocenters. The molecule has 2 N–H and O–H groups in total. The van der Waals surface area contributed by atoms with E-state index >= 15 is 0 Å². The summed E-state index contributed by atoms with van der Waals surface area (Å²) in [6, 6.07) is 6.00. The third-order valence-corrected chi connectivity index (χ3v) is 6.66. The number of rotatable bonds is 2. The van der Waals surface area contributed by atoms with Crippen molar-refractivity contribution in [3.8, 4) is 0 Å². The number of hydrogen-bond acceptors (Lipinski definition) is 3. The van der Waals surface area contributed by atoms with Gasteiger partial charge in [0.15, 0.2) is 9.84 Å². The Labute approximate surface area is 120 Å². The number of sulfone groups is 1. The summed E-state index contributed by atoms with van der Waals surface area (Å²) in [6.07, 6.45) is 2.51. The van der Waals surface area contributed by atoms with Gasteiger partial charge in [0, 0.05) is 11.1 Å². The molecule has 0 saturated heterocycles. The monoisotopic (exact) mass is 301 g/mol. The maximum absolute atomic E-state index is 12.7. The molecule has 1 aromatic rings. The summed E-state index contributed by atoms with van der Waals surface area (Å²) in [5.41, 5.74) is 6.07. The van der Waals surface area contributed by atoms with Gasteiger partial charge in [-0.2, -0.15) is 0 Å². The Bertz CT molecular complexity index is 551. The molecule has 0 aromatic heterocycles. The Morgan fingerprint density at radius 1 is 1.26 bits per heavy atom. The van der Waals surface area contributed by atoms with Crippen LogP contribution in [0.3, 0.4) is 0 Å². The van der Waals surface area contributed by atoms with Gasteiger partial charge in [-0.25, -0.2) is 8.42 Å². The predicted molar refractivity (Wildman–Crippen MR) is 78.0 cm³/mol. The minimum absolute atomic E-state index is 0.136. The molecule has 0 heterocycles. The van der Waals surface area contributed by atoms with Crippen LogP contribution < -0.4 is 5.73 Å². The third kappa shape index (κ3) is 2.81. The first-order chi connectivity index (χ1) is 8.75. The molecule has 0 aliphatic heterocycles. The maximum atomic E-state index is 12.7. The van der Waals surface area contributed by atoms with Gasteiger partial charge in [0.2, 0.25) is 0 Å². The quantitative estimate of drug-likeness (QED) is 0.913. The molecule has 1 aliphatic rings. The summed E-state index contributed by atoms with van der Waals surface area (Å²) in [7, 11) is -3.38. The van der Waals surface area contributed by atoms with E-state index in [-0.39, 0.29) is 11.5 Å². The third-order valence-electron chi connectivity index (χ3n) is 4.15. The standard InChI is InChI=1S/C14H20ClNO2S/c1-14(2)9-3-4-12(13(14)16)19(17,18)11-7-5-10(15)6-8-11/h5-8,12-13H,3-4,9,16H2,1-2H3. The van der Waals surface area contributed by atoms with Gasteiger partial charge in [-0.3, -0.25) is 0 Å². The van der Waals surface area contributed by atoms with Gasteiger partial charge >= 0.3 is 0 Å². The summed E-state index contributed by atoms with van der Waals surface area (Å²) in [5.74, 6) is 0. The predicted octanol–water partition coefficient (Wildman–Crippen LogP) is 3.02. The molecule has 1 fully saturated rings. The SMILES string of the molecule is CC1(C)CCCC(S(=O)(=O)c2ccc(Cl)cc2)C1N. The molecule has 0 bridgehead atoms. The molecule has 2 rings (SSSR count). The van der Waals surface area contributed by atoms with Crippen LogP contribution in [-0.4, -0.2) is 19.7 Å². The van der Waals surface area contributed by atoms with Crippen LogP contribution in [0.15, 0.2) is 29.2 Å². The van der Waals surface area contributed by atoms with Gasteiger partial charge in [-0.15, -0.1) is 0 Å². The van der Waals surface area contributed by atoms with Crippen LogP contribution in [0.25, 0.3) is 0 Å². The lowest BCUT2D eigenvalue weighted by molar-refractivity contribution is 0.204. The average Bonchev–Trinajstić information content (AvgIpc) is 2.33. The lowest BCUT2D eigenvalue weighted by Crippen LogP contribution is -2.52. The first-order valence-electron chi connectivity index (χ1n) is 6.50. The normalized spacial score (nSPS) is 27.2. The Morgan fingerprint density at radius 3 is 2.42 bits per heavy atom. The lowest BCUT2D eigenvalue weighted by Gasteiger charge is -2.41. The fourth-order valence-corrected chi connectivity index (χ4v) is 4.98. The van der Waals surface area contributed by atoms with Crippen molar-refractivity contribution in [1.29, 1.82) is 0 Å². The van der Waals surface area contributed by atoms with Crippen LogP contribution in [0.2, 0.25) is 5.02 Å². The highest BCUT2D eigenvalue weighted by Gasteiger charge is 2.43. The summed E-state index contributed by atoms with van der Waals surface area (Å²) >= 11 is 5.80. The summed E-state index contributed by atoms with van der Waals surface area (Å²) < 4.78 is 25.3. The smallest absolute Gasteiger partial charge is 0.182 e. The number of nitrogens with two attached hydrogens (primary N) is 1. The van der Waals surface area contributed by atoms with Gasteiger partial charge in [-0.05, 0) is 42.5 Å². The van der Waals surface area contributed by atoms with E-state index in [0.29, 0.717) is 16.3 Å². The Kier molecular flexibility index (Phi) is 3.96. The topological polar surface area (TPSA) is 60.2 Å². The van der Waals surface area contributed by atoms with Gasteiger partial charge in [0.1, 0.15) is 0 Å². The van der Waals surface area contributed by atoms with E-state index in [1.54, 1.807) is 24.3 Å². The molecule has 2 atom stereocenters. The molecular formula is C14H20ClNO2S. The Morgan fingerprint density at radius 2 is 1.84 bits per heavy atom.